The number of hydrogen-bond acceptors (Lipinski definition) is 3. The monoisotopic (exact) mass is 269 g/mol. The van der Waals surface area contributed by atoms with E-state index in [1.165, 1.54) is 5.56 Å². The second-order valence-corrected chi connectivity index (χ2v) is 6.23. The van der Waals surface area contributed by atoms with Crippen molar-refractivity contribution in [1.82, 2.24) is 5.32 Å². The molecule has 3 nitrogen and oxygen atoms in total. The summed E-state index contributed by atoms with van der Waals surface area (Å²) < 4.78 is 17.2. The molecule has 0 radical (unpaired) electrons. The lowest BCUT2D eigenvalue weighted by Gasteiger charge is -2.23. The number of benzene rings is 1. The van der Waals surface area contributed by atoms with Crippen LogP contribution < -0.4 is 5.32 Å². The van der Waals surface area contributed by atoms with Crippen molar-refractivity contribution in [1.29, 1.82) is 0 Å². The zero-order valence-electron chi connectivity index (χ0n) is 11.4. The van der Waals surface area contributed by atoms with E-state index in [-0.39, 0.29) is 11.3 Å². The van der Waals surface area contributed by atoms with Crippen LogP contribution in [0.4, 0.5) is 0 Å². The standard InChI is InChI=1S/C14H23NO2S/c1-12(18(16)11-7-10-17-3)14(15-2)13-8-5-4-6-9-13/h4-6,8-9,12,14-15H,7,10-11H2,1-3H3. The van der Waals surface area contributed by atoms with E-state index in [1.54, 1.807) is 7.11 Å². The molecule has 0 aliphatic heterocycles. The summed E-state index contributed by atoms with van der Waals surface area (Å²) in [5.74, 6) is 0.694. The minimum Gasteiger partial charge on any atom is -0.385 e. The molecule has 0 fully saturated rings. The Bertz CT molecular complexity index is 356. The summed E-state index contributed by atoms with van der Waals surface area (Å²) in [4.78, 5) is 0. The molecule has 4 heteroatoms. The fourth-order valence-electron chi connectivity index (χ4n) is 2.02. The Labute approximate surface area is 112 Å². The van der Waals surface area contributed by atoms with Crippen molar-refractivity contribution in [3.8, 4) is 0 Å². The summed E-state index contributed by atoms with van der Waals surface area (Å²) in [6.45, 7) is 2.71. The van der Waals surface area contributed by atoms with E-state index < -0.39 is 10.8 Å². The first kappa shape index (κ1) is 15.3. The van der Waals surface area contributed by atoms with Gasteiger partial charge in [-0.25, -0.2) is 0 Å². The lowest BCUT2D eigenvalue weighted by atomic mass is 10.0. The Hall–Kier alpha value is -0.710. The number of nitrogens with one attached hydrogen (secondary N) is 1. The highest BCUT2D eigenvalue weighted by Gasteiger charge is 2.22. The van der Waals surface area contributed by atoms with Gasteiger partial charge >= 0.3 is 0 Å². The minimum absolute atomic E-state index is 0.0919. The zero-order chi connectivity index (χ0) is 13.4. The molecule has 1 rings (SSSR count). The summed E-state index contributed by atoms with van der Waals surface area (Å²) in [5, 5.41) is 3.36. The highest BCUT2D eigenvalue weighted by Crippen LogP contribution is 2.20. The fraction of sp³-hybridized carbons (Fsp3) is 0.571. The highest BCUT2D eigenvalue weighted by molar-refractivity contribution is 7.85. The summed E-state index contributed by atoms with van der Waals surface area (Å²) >= 11 is 0. The van der Waals surface area contributed by atoms with E-state index in [4.69, 9.17) is 4.74 Å². The summed E-state index contributed by atoms with van der Waals surface area (Å²) in [6.07, 6.45) is 0.846. The molecule has 0 heterocycles. The Morgan fingerprint density at radius 1 is 1.33 bits per heavy atom. The van der Waals surface area contributed by atoms with Crippen molar-refractivity contribution in [3.05, 3.63) is 35.9 Å². The predicted molar refractivity (Wildman–Crippen MR) is 77.2 cm³/mol. The molecule has 1 aromatic carbocycles. The number of rotatable bonds is 8. The maximum absolute atomic E-state index is 12.2. The summed E-state index contributed by atoms with van der Waals surface area (Å²) in [6, 6.07) is 10.3. The Morgan fingerprint density at radius 2 is 2.00 bits per heavy atom. The van der Waals surface area contributed by atoms with Crippen molar-refractivity contribution in [2.45, 2.75) is 24.6 Å². The van der Waals surface area contributed by atoms with Gasteiger partial charge in [0.2, 0.25) is 0 Å². The second-order valence-electron chi connectivity index (χ2n) is 4.31. The van der Waals surface area contributed by atoms with Gasteiger partial charge in [-0.2, -0.15) is 0 Å². The average Bonchev–Trinajstić information content (AvgIpc) is 2.41. The molecule has 0 aromatic heterocycles. The molecule has 0 saturated heterocycles. The van der Waals surface area contributed by atoms with Gasteiger partial charge in [0.25, 0.3) is 0 Å². The van der Waals surface area contributed by atoms with E-state index in [0.717, 1.165) is 6.42 Å². The van der Waals surface area contributed by atoms with Crippen molar-refractivity contribution in [2.75, 3.05) is 26.5 Å². The summed E-state index contributed by atoms with van der Waals surface area (Å²) in [7, 11) is 2.75. The topological polar surface area (TPSA) is 38.3 Å². The van der Waals surface area contributed by atoms with Gasteiger partial charge in [0.05, 0.1) is 5.25 Å². The van der Waals surface area contributed by atoms with Crippen LogP contribution in [0.25, 0.3) is 0 Å². The van der Waals surface area contributed by atoms with Crippen LogP contribution in [-0.2, 0) is 15.5 Å². The lowest BCUT2D eigenvalue weighted by molar-refractivity contribution is 0.200. The molecule has 1 N–H and O–H groups in total. The van der Waals surface area contributed by atoms with E-state index in [2.05, 4.69) is 17.4 Å². The van der Waals surface area contributed by atoms with Gasteiger partial charge in [0, 0.05) is 36.3 Å². The second kappa shape index (κ2) is 8.40. The quantitative estimate of drug-likeness (QED) is 0.735. The molecule has 0 saturated carbocycles. The molecule has 3 unspecified atom stereocenters. The SMILES string of the molecule is CNC(c1ccccc1)C(C)S(=O)CCCOC. The smallest absolute Gasteiger partial charge is 0.0514 e. The van der Waals surface area contributed by atoms with Crippen LogP contribution in [0.5, 0.6) is 0 Å². The third kappa shape index (κ3) is 4.52. The molecule has 0 aliphatic carbocycles. The molecule has 0 bridgehead atoms. The van der Waals surface area contributed by atoms with Gasteiger partial charge < -0.3 is 10.1 Å². The first-order valence-corrected chi connectivity index (χ1v) is 7.67. The number of hydrogen-bond donors (Lipinski definition) is 1. The van der Waals surface area contributed by atoms with Gasteiger partial charge in [-0.1, -0.05) is 30.3 Å². The molecule has 0 spiro atoms. The van der Waals surface area contributed by atoms with Crippen molar-refractivity contribution >= 4 is 10.8 Å². The maximum atomic E-state index is 12.2. The van der Waals surface area contributed by atoms with Crippen LogP contribution in [-0.4, -0.2) is 36.0 Å². The first-order valence-electron chi connectivity index (χ1n) is 6.29. The van der Waals surface area contributed by atoms with Crippen molar-refractivity contribution in [3.63, 3.8) is 0 Å². The van der Waals surface area contributed by atoms with Crippen LogP contribution in [0.1, 0.15) is 24.9 Å². The number of methoxy groups -OCH3 is 1. The van der Waals surface area contributed by atoms with Crippen LogP contribution in [0, 0.1) is 0 Å². The number of ether oxygens (including phenoxy) is 1. The molecular weight excluding hydrogens is 246 g/mol. The van der Waals surface area contributed by atoms with Gasteiger partial charge in [0.15, 0.2) is 0 Å². The van der Waals surface area contributed by atoms with Crippen molar-refractivity contribution < 1.29 is 8.95 Å². The third-order valence-electron chi connectivity index (χ3n) is 3.05. The van der Waals surface area contributed by atoms with E-state index in [9.17, 15) is 4.21 Å². The third-order valence-corrected chi connectivity index (χ3v) is 4.84. The largest absolute Gasteiger partial charge is 0.385 e. The predicted octanol–water partition coefficient (Wildman–Crippen LogP) is 2.12. The molecule has 0 aliphatic rings. The van der Waals surface area contributed by atoms with Crippen molar-refractivity contribution in [2.24, 2.45) is 0 Å². The zero-order valence-corrected chi connectivity index (χ0v) is 12.2. The first-order chi connectivity index (χ1) is 8.70. The molecule has 102 valence electrons. The highest BCUT2D eigenvalue weighted by atomic mass is 32.2. The normalized spacial score (nSPS) is 16.2. The lowest BCUT2D eigenvalue weighted by Crippen LogP contribution is -2.31. The Kier molecular flexibility index (Phi) is 7.16. The van der Waals surface area contributed by atoms with Crippen LogP contribution in [0.3, 0.4) is 0 Å². The maximum Gasteiger partial charge on any atom is 0.0514 e. The van der Waals surface area contributed by atoms with Gasteiger partial charge in [-0.05, 0) is 26.0 Å². The fourth-order valence-corrected chi connectivity index (χ4v) is 3.39. The molecular formula is C14H23NO2S. The Morgan fingerprint density at radius 3 is 2.56 bits per heavy atom. The van der Waals surface area contributed by atoms with E-state index >= 15 is 0 Å². The van der Waals surface area contributed by atoms with Gasteiger partial charge in [0.1, 0.15) is 0 Å². The minimum atomic E-state index is -0.839. The summed E-state index contributed by atoms with van der Waals surface area (Å²) in [5.41, 5.74) is 1.19. The van der Waals surface area contributed by atoms with E-state index in [0.29, 0.717) is 12.4 Å². The van der Waals surface area contributed by atoms with Crippen LogP contribution in [0.2, 0.25) is 0 Å². The molecule has 0 amide bonds. The molecule has 1 aromatic rings. The van der Waals surface area contributed by atoms with Crippen LogP contribution in [0.15, 0.2) is 30.3 Å². The molecule has 3 atom stereocenters. The van der Waals surface area contributed by atoms with Gasteiger partial charge in [-0.3, -0.25) is 4.21 Å². The van der Waals surface area contributed by atoms with Gasteiger partial charge in [-0.15, -0.1) is 0 Å². The van der Waals surface area contributed by atoms with E-state index in [1.807, 2.05) is 32.2 Å². The Balaban J connectivity index is 2.62. The van der Waals surface area contributed by atoms with Crippen LogP contribution >= 0.6 is 0 Å². The average molecular weight is 269 g/mol. The molecule has 18 heavy (non-hydrogen) atoms.